The molecule has 2 aromatic heterocycles. The molecule has 8 heteroatoms. The third-order valence-electron chi connectivity index (χ3n) is 2.34. The van der Waals surface area contributed by atoms with Gasteiger partial charge in [-0.05, 0) is 23.0 Å². The van der Waals surface area contributed by atoms with Crippen LogP contribution in [0.25, 0.3) is 10.2 Å². The van der Waals surface area contributed by atoms with Crippen LogP contribution in [0, 0.1) is 0 Å². The average Bonchev–Trinajstić information content (AvgIpc) is 2.84. The second-order valence-electron chi connectivity index (χ2n) is 3.68. The number of fused-ring (bicyclic) bond motifs is 1. The lowest BCUT2D eigenvalue weighted by Gasteiger charge is -2.07. The minimum atomic E-state index is -0.129. The largest absolute Gasteiger partial charge is 0.383 e. The number of hydrogen-bond donors (Lipinski definition) is 2. The number of ether oxygens (including phenoxy) is 1. The minimum absolute atomic E-state index is 0.127. The zero-order valence-corrected chi connectivity index (χ0v) is 11.8. The van der Waals surface area contributed by atoms with Crippen LogP contribution in [0.15, 0.2) is 11.4 Å². The van der Waals surface area contributed by atoms with Crippen molar-refractivity contribution in [3.8, 4) is 0 Å². The summed E-state index contributed by atoms with van der Waals surface area (Å²) in [6.45, 7) is 1.09. The molecular weight excluding hydrogens is 288 g/mol. The quantitative estimate of drug-likeness (QED) is 0.625. The predicted molar refractivity (Wildman–Crippen MR) is 75.8 cm³/mol. The molecule has 0 bridgehead atoms. The third-order valence-corrected chi connectivity index (χ3v) is 3.32. The standard InChI is InChI=1S/C11H13ClN4O2S/c1-18-4-3-13-8(17)6-14-9-7-2-5-19-10(7)16-11(12)15-9/h2,5H,3-4,6H2,1H3,(H,13,17)(H,14,15,16). The normalized spacial score (nSPS) is 10.6. The van der Waals surface area contributed by atoms with E-state index in [9.17, 15) is 4.79 Å². The van der Waals surface area contributed by atoms with Gasteiger partial charge in [-0.2, -0.15) is 0 Å². The van der Waals surface area contributed by atoms with Crippen LogP contribution in [0.4, 0.5) is 5.82 Å². The molecule has 0 saturated heterocycles. The fraction of sp³-hybridized carbons (Fsp3) is 0.364. The lowest BCUT2D eigenvalue weighted by Crippen LogP contribution is -2.32. The molecule has 0 aliphatic carbocycles. The Morgan fingerprint density at radius 3 is 3.16 bits per heavy atom. The van der Waals surface area contributed by atoms with Crippen LogP contribution in [0.2, 0.25) is 5.28 Å². The Labute approximate surface area is 119 Å². The summed E-state index contributed by atoms with van der Waals surface area (Å²) in [6, 6.07) is 1.89. The number of hydrogen-bond acceptors (Lipinski definition) is 6. The van der Waals surface area contributed by atoms with E-state index in [-0.39, 0.29) is 17.7 Å². The van der Waals surface area contributed by atoms with E-state index in [4.69, 9.17) is 16.3 Å². The van der Waals surface area contributed by atoms with Gasteiger partial charge in [-0.25, -0.2) is 9.97 Å². The number of halogens is 1. The maximum atomic E-state index is 11.5. The van der Waals surface area contributed by atoms with E-state index in [0.717, 1.165) is 10.2 Å². The number of carbonyl (C=O) groups is 1. The molecule has 2 N–H and O–H groups in total. The third kappa shape index (κ3) is 3.76. The summed E-state index contributed by atoms with van der Waals surface area (Å²) >= 11 is 7.30. The maximum absolute atomic E-state index is 11.5. The smallest absolute Gasteiger partial charge is 0.239 e. The fourth-order valence-electron chi connectivity index (χ4n) is 1.48. The van der Waals surface area contributed by atoms with Gasteiger partial charge >= 0.3 is 0 Å². The van der Waals surface area contributed by atoms with Crippen molar-refractivity contribution in [2.45, 2.75) is 0 Å². The van der Waals surface area contributed by atoms with Gasteiger partial charge in [0.1, 0.15) is 10.6 Å². The van der Waals surface area contributed by atoms with Gasteiger partial charge < -0.3 is 15.4 Å². The van der Waals surface area contributed by atoms with E-state index in [1.807, 2.05) is 11.4 Å². The van der Waals surface area contributed by atoms with Gasteiger partial charge in [0.15, 0.2) is 0 Å². The summed E-state index contributed by atoms with van der Waals surface area (Å²) in [5, 5.41) is 8.60. The van der Waals surface area contributed by atoms with E-state index in [0.29, 0.717) is 19.0 Å². The topological polar surface area (TPSA) is 76.1 Å². The molecule has 0 spiro atoms. The van der Waals surface area contributed by atoms with Crippen LogP contribution >= 0.6 is 22.9 Å². The number of anilines is 1. The molecule has 0 unspecified atom stereocenters. The van der Waals surface area contributed by atoms with E-state index in [2.05, 4.69) is 20.6 Å². The second-order valence-corrected chi connectivity index (χ2v) is 4.91. The highest BCUT2D eigenvalue weighted by atomic mass is 35.5. The first-order valence-corrected chi connectivity index (χ1v) is 6.86. The second kappa shape index (κ2) is 6.65. The molecule has 6 nitrogen and oxygen atoms in total. The molecule has 2 aromatic rings. The van der Waals surface area contributed by atoms with Crippen molar-refractivity contribution in [2.24, 2.45) is 0 Å². The first kappa shape index (κ1) is 14.0. The maximum Gasteiger partial charge on any atom is 0.239 e. The van der Waals surface area contributed by atoms with Gasteiger partial charge in [0.2, 0.25) is 11.2 Å². The van der Waals surface area contributed by atoms with Crippen LogP contribution in [-0.4, -0.2) is 42.7 Å². The number of nitrogens with one attached hydrogen (secondary N) is 2. The summed E-state index contributed by atoms with van der Waals surface area (Å²) in [7, 11) is 1.58. The molecule has 0 aliphatic heterocycles. The summed E-state index contributed by atoms with van der Waals surface area (Å²) in [5.74, 6) is 0.438. The highest BCUT2D eigenvalue weighted by molar-refractivity contribution is 7.16. The van der Waals surface area contributed by atoms with Crippen molar-refractivity contribution in [1.82, 2.24) is 15.3 Å². The Morgan fingerprint density at radius 1 is 1.53 bits per heavy atom. The monoisotopic (exact) mass is 300 g/mol. The minimum Gasteiger partial charge on any atom is -0.383 e. The van der Waals surface area contributed by atoms with Gasteiger partial charge in [-0.15, -0.1) is 11.3 Å². The van der Waals surface area contributed by atoms with Crippen molar-refractivity contribution in [3.63, 3.8) is 0 Å². The highest BCUT2D eigenvalue weighted by Crippen LogP contribution is 2.26. The first-order chi connectivity index (χ1) is 9.20. The summed E-state index contributed by atoms with van der Waals surface area (Å²) in [4.78, 5) is 20.5. The molecule has 2 rings (SSSR count). The summed E-state index contributed by atoms with van der Waals surface area (Å²) in [5.41, 5.74) is 0. The predicted octanol–water partition coefficient (Wildman–Crippen LogP) is 1.52. The molecule has 102 valence electrons. The first-order valence-electron chi connectivity index (χ1n) is 5.61. The van der Waals surface area contributed by atoms with Crippen LogP contribution in [-0.2, 0) is 9.53 Å². The number of rotatable bonds is 6. The fourth-order valence-corrected chi connectivity index (χ4v) is 2.47. The molecule has 2 heterocycles. The Hall–Kier alpha value is -1.44. The van der Waals surface area contributed by atoms with E-state index < -0.39 is 0 Å². The molecule has 0 radical (unpaired) electrons. The Kier molecular flexibility index (Phi) is 4.89. The molecule has 0 aromatic carbocycles. The Bertz CT molecular complexity index is 575. The molecular formula is C11H13ClN4O2S. The molecule has 0 atom stereocenters. The van der Waals surface area contributed by atoms with E-state index in [1.54, 1.807) is 7.11 Å². The van der Waals surface area contributed by atoms with Crippen molar-refractivity contribution >= 4 is 44.9 Å². The number of thiophene rings is 1. The number of carbonyl (C=O) groups excluding carboxylic acids is 1. The van der Waals surface area contributed by atoms with Gasteiger partial charge in [0.25, 0.3) is 0 Å². The number of aromatic nitrogens is 2. The Morgan fingerprint density at radius 2 is 2.37 bits per heavy atom. The zero-order valence-electron chi connectivity index (χ0n) is 10.3. The molecule has 19 heavy (non-hydrogen) atoms. The number of amides is 1. The zero-order chi connectivity index (χ0) is 13.7. The summed E-state index contributed by atoms with van der Waals surface area (Å²) < 4.78 is 4.85. The van der Waals surface area contributed by atoms with Crippen LogP contribution in [0.1, 0.15) is 0 Å². The van der Waals surface area contributed by atoms with Crippen molar-refractivity contribution in [2.75, 3.05) is 32.1 Å². The highest BCUT2D eigenvalue weighted by Gasteiger charge is 2.08. The van der Waals surface area contributed by atoms with Gasteiger partial charge in [-0.3, -0.25) is 4.79 Å². The van der Waals surface area contributed by atoms with E-state index >= 15 is 0 Å². The molecule has 0 saturated carbocycles. The van der Waals surface area contributed by atoms with Crippen LogP contribution in [0.5, 0.6) is 0 Å². The number of methoxy groups -OCH3 is 1. The van der Waals surface area contributed by atoms with Crippen molar-refractivity contribution in [1.29, 1.82) is 0 Å². The number of nitrogens with zero attached hydrogens (tertiary/aromatic N) is 2. The van der Waals surface area contributed by atoms with Gasteiger partial charge in [0, 0.05) is 13.7 Å². The van der Waals surface area contributed by atoms with Crippen LogP contribution < -0.4 is 10.6 Å². The Balaban J connectivity index is 1.97. The van der Waals surface area contributed by atoms with Gasteiger partial charge in [0.05, 0.1) is 18.5 Å². The summed E-state index contributed by atoms with van der Waals surface area (Å²) in [6.07, 6.45) is 0. The van der Waals surface area contributed by atoms with E-state index in [1.165, 1.54) is 11.3 Å². The van der Waals surface area contributed by atoms with Crippen molar-refractivity contribution < 1.29 is 9.53 Å². The van der Waals surface area contributed by atoms with Crippen LogP contribution in [0.3, 0.4) is 0 Å². The van der Waals surface area contributed by atoms with Gasteiger partial charge in [-0.1, -0.05) is 0 Å². The molecule has 0 fully saturated rings. The molecule has 0 aliphatic rings. The lowest BCUT2D eigenvalue weighted by molar-refractivity contribution is -0.119. The lowest BCUT2D eigenvalue weighted by atomic mass is 10.4. The molecule has 1 amide bonds. The average molecular weight is 301 g/mol. The SMILES string of the molecule is COCCNC(=O)CNc1nc(Cl)nc2sccc12. The van der Waals surface area contributed by atoms with Crippen molar-refractivity contribution in [3.05, 3.63) is 16.7 Å².